The van der Waals surface area contributed by atoms with Crippen LogP contribution in [-0.2, 0) is 20.9 Å². The minimum Gasteiger partial charge on any atom is -0.384 e. The average Bonchev–Trinajstić information content (AvgIpc) is 3.14. The summed E-state index contributed by atoms with van der Waals surface area (Å²) in [7, 11) is 0. The summed E-state index contributed by atoms with van der Waals surface area (Å²) in [6.07, 6.45) is -3.12. The first kappa shape index (κ1) is 20.5. The number of aliphatic hydroxyl groups excluding tert-OH is 1. The number of nitrogens with zero attached hydrogens (tertiary/aromatic N) is 1. The maximum atomic E-state index is 12.9. The van der Waals surface area contributed by atoms with Crippen molar-refractivity contribution in [3.63, 3.8) is 0 Å². The first-order valence-electron chi connectivity index (χ1n) is 9.62. The van der Waals surface area contributed by atoms with Gasteiger partial charge in [-0.25, -0.2) is 0 Å². The summed E-state index contributed by atoms with van der Waals surface area (Å²) in [5.74, 6) is -1.68. The molecule has 10 nitrogen and oxygen atoms in total. The number of amidine groups is 1. The van der Waals surface area contributed by atoms with Crippen molar-refractivity contribution >= 4 is 34.9 Å². The quantitative estimate of drug-likeness (QED) is 0.335. The predicted octanol–water partition coefficient (Wildman–Crippen LogP) is -0.0545. The van der Waals surface area contributed by atoms with E-state index >= 15 is 0 Å². The highest BCUT2D eigenvalue weighted by Crippen LogP contribution is 2.26. The lowest BCUT2D eigenvalue weighted by molar-refractivity contribution is -0.150. The predicted molar refractivity (Wildman–Crippen MR) is 112 cm³/mol. The molecule has 6 N–H and O–H groups in total. The second-order valence-electron chi connectivity index (χ2n) is 7.23. The zero-order chi connectivity index (χ0) is 22.1. The van der Waals surface area contributed by atoms with Crippen LogP contribution in [0.5, 0.6) is 0 Å². The number of amides is 3. The molecule has 3 amide bonds. The van der Waals surface area contributed by atoms with Crippen LogP contribution in [-0.4, -0.2) is 54.0 Å². The van der Waals surface area contributed by atoms with E-state index in [4.69, 9.17) is 15.9 Å². The zero-order valence-electron chi connectivity index (χ0n) is 16.4. The van der Waals surface area contributed by atoms with Gasteiger partial charge in [-0.2, -0.15) is 0 Å². The molecule has 160 valence electrons. The molecule has 2 aromatic carbocycles. The monoisotopic (exact) mass is 423 g/mol. The number of fused-ring (bicyclic) bond motifs is 1. The summed E-state index contributed by atoms with van der Waals surface area (Å²) >= 11 is 0. The molecule has 1 fully saturated rings. The molecule has 4 rings (SSSR count). The Labute approximate surface area is 177 Å². The molecule has 2 aliphatic rings. The number of carbonyl (C=O) groups is 3. The number of aliphatic hydroxyl groups is 1. The summed E-state index contributed by atoms with van der Waals surface area (Å²) in [4.78, 5) is 38.8. The highest BCUT2D eigenvalue weighted by Gasteiger charge is 2.39. The van der Waals surface area contributed by atoms with Crippen LogP contribution >= 0.6 is 0 Å². The topological polar surface area (TPSA) is 158 Å². The van der Waals surface area contributed by atoms with E-state index in [1.807, 2.05) is 0 Å². The van der Waals surface area contributed by atoms with Gasteiger partial charge in [0.1, 0.15) is 5.84 Å². The maximum Gasteiger partial charge on any atom is 0.259 e. The van der Waals surface area contributed by atoms with Crippen molar-refractivity contribution in [3.8, 4) is 0 Å². The van der Waals surface area contributed by atoms with Crippen LogP contribution in [0.4, 0.5) is 11.4 Å². The van der Waals surface area contributed by atoms with Crippen molar-refractivity contribution in [2.75, 3.05) is 23.4 Å². The van der Waals surface area contributed by atoms with Gasteiger partial charge in [0.15, 0.2) is 12.2 Å². The van der Waals surface area contributed by atoms with Crippen LogP contribution in [0.3, 0.4) is 0 Å². The van der Waals surface area contributed by atoms with Gasteiger partial charge in [0.25, 0.3) is 17.7 Å². The van der Waals surface area contributed by atoms with Gasteiger partial charge in [-0.1, -0.05) is 6.07 Å². The van der Waals surface area contributed by atoms with E-state index < -0.39 is 24.0 Å². The van der Waals surface area contributed by atoms with Crippen LogP contribution in [0.1, 0.15) is 21.5 Å². The van der Waals surface area contributed by atoms with Gasteiger partial charge in [0, 0.05) is 35.6 Å². The molecular formula is C21H21N5O5. The van der Waals surface area contributed by atoms with Crippen LogP contribution < -0.4 is 21.3 Å². The lowest BCUT2D eigenvalue weighted by Gasteiger charge is -2.34. The van der Waals surface area contributed by atoms with E-state index in [9.17, 15) is 19.5 Å². The highest BCUT2D eigenvalue weighted by molar-refractivity contribution is 6.05. The Hall–Kier alpha value is -3.76. The van der Waals surface area contributed by atoms with Crippen molar-refractivity contribution in [1.82, 2.24) is 5.32 Å². The van der Waals surface area contributed by atoms with Crippen molar-refractivity contribution in [3.05, 3.63) is 59.2 Å². The molecule has 1 saturated heterocycles. The van der Waals surface area contributed by atoms with E-state index in [1.165, 1.54) is 17.0 Å². The first-order chi connectivity index (χ1) is 14.8. The molecule has 0 bridgehead atoms. The number of anilines is 2. The van der Waals surface area contributed by atoms with Gasteiger partial charge in [0.2, 0.25) is 0 Å². The standard InChI is InChI=1S/C21H21N5O5/c22-18(23)11-1-4-13(5-2-11)25-20(29)16(27)17-21(30)26(7-8-31-17)14-6-3-12-10-24-19(28)15(12)9-14/h1-6,9,16-17,27H,7-8,10H2,(H3,22,23)(H,24,28)(H,25,29)/t16-,17?/m1/s1. The zero-order valence-corrected chi connectivity index (χ0v) is 16.4. The Kier molecular flexibility index (Phi) is 5.40. The van der Waals surface area contributed by atoms with Gasteiger partial charge in [-0.15, -0.1) is 0 Å². The average molecular weight is 423 g/mol. The van der Waals surface area contributed by atoms with Crippen LogP contribution in [0.25, 0.3) is 0 Å². The molecule has 2 atom stereocenters. The molecule has 10 heteroatoms. The number of hydrogen-bond donors (Lipinski definition) is 5. The largest absolute Gasteiger partial charge is 0.384 e. The van der Waals surface area contributed by atoms with Gasteiger partial charge < -0.3 is 31.1 Å². The molecule has 1 unspecified atom stereocenters. The Balaban J connectivity index is 1.47. The number of rotatable bonds is 5. The molecule has 0 spiro atoms. The van der Waals surface area contributed by atoms with Gasteiger partial charge in [-0.05, 0) is 42.0 Å². The molecule has 0 radical (unpaired) electrons. The number of ether oxygens (including phenoxy) is 1. The van der Waals surface area contributed by atoms with Crippen molar-refractivity contribution < 1.29 is 24.2 Å². The van der Waals surface area contributed by atoms with Crippen molar-refractivity contribution in [2.24, 2.45) is 5.73 Å². The summed E-state index contributed by atoms with van der Waals surface area (Å²) < 4.78 is 5.40. The number of benzene rings is 2. The Bertz CT molecular complexity index is 1070. The molecule has 2 heterocycles. The number of nitrogen functional groups attached to an aromatic ring is 1. The number of nitrogens with two attached hydrogens (primary N) is 1. The van der Waals surface area contributed by atoms with E-state index in [-0.39, 0.29) is 24.9 Å². The van der Waals surface area contributed by atoms with Crippen molar-refractivity contribution in [1.29, 1.82) is 5.41 Å². The normalized spacial score (nSPS) is 18.9. The summed E-state index contributed by atoms with van der Waals surface area (Å²) in [6.45, 7) is 0.800. The van der Waals surface area contributed by atoms with Gasteiger partial charge in [0.05, 0.1) is 6.61 Å². The smallest absolute Gasteiger partial charge is 0.259 e. The number of hydrogen-bond acceptors (Lipinski definition) is 6. The molecule has 2 aliphatic heterocycles. The third-order valence-corrected chi connectivity index (χ3v) is 5.23. The lowest BCUT2D eigenvalue weighted by atomic mass is 10.1. The number of carbonyl (C=O) groups excluding carboxylic acids is 3. The fourth-order valence-electron chi connectivity index (χ4n) is 3.54. The van der Waals surface area contributed by atoms with E-state index in [1.54, 1.807) is 30.3 Å². The molecule has 31 heavy (non-hydrogen) atoms. The Morgan fingerprint density at radius 2 is 2.00 bits per heavy atom. The first-order valence-corrected chi connectivity index (χ1v) is 9.62. The second-order valence-corrected chi connectivity index (χ2v) is 7.23. The lowest BCUT2D eigenvalue weighted by Crippen LogP contribution is -2.55. The molecule has 2 aromatic rings. The van der Waals surface area contributed by atoms with E-state index in [0.29, 0.717) is 29.0 Å². The third-order valence-electron chi connectivity index (χ3n) is 5.23. The maximum absolute atomic E-state index is 12.9. The van der Waals surface area contributed by atoms with Gasteiger partial charge >= 0.3 is 0 Å². The Morgan fingerprint density at radius 3 is 2.71 bits per heavy atom. The van der Waals surface area contributed by atoms with Crippen LogP contribution in [0, 0.1) is 5.41 Å². The van der Waals surface area contributed by atoms with E-state index in [0.717, 1.165) is 5.56 Å². The SMILES string of the molecule is N=C(N)c1ccc(NC(=O)[C@H](O)C2OCCN(c3ccc4c(c3)C(=O)NC4)C2=O)cc1. The molecule has 0 saturated carbocycles. The Morgan fingerprint density at radius 1 is 1.26 bits per heavy atom. The van der Waals surface area contributed by atoms with Gasteiger partial charge in [-0.3, -0.25) is 19.8 Å². The molecule has 0 aromatic heterocycles. The minimum atomic E-state index is -1.74. The summed E-state index contributed by atoms with van der Waals surface area (Å²) in [5, 5.41) is 23.1. The number of nitrogens with one attached hydrogen (secondary N) is 3. The second kappa shape index (κ2) is 8.17. The molecular weight excluding hydrogens is 402 g/mol. The summed E-state index contributed by atoms with van der Waals surface area (Å²) in [6, 6.07) is 11.3. The fraction of sp³-hybridized carbons (Fsp3) is 0.238. The van der Waals surface area contributed by atoms with Crippen LogP contribution in [0.15, 0.2) is 42.5 Å². The fourth-order valence-corrected chi connectivity index (χ4v) is 3.54. The molecule has 0 aliphatic carbocycles. The summed E-state index contributed by atoms with van der Waals surface area (Å²) in [5.41, 5.74) is 8.11. The number of morpholine rings is 1. The van der Waals surface area contributed by atoms with Crippen molar-refractivity contribution in [2.45, 2.75) is 18.8 Å². The van der Waals surface area contributed by atoms with E-state index in [2.05, 4.69) is 10.6 Å². The minimum absolute atomic E-state index is 0.108. The van der Waals surface area contributed by atoms with Crippen LogP contribution in [0.2, 0.25) is 0 Å². The third kappa shape index (κ3) is 3.98. The highest BCUT2D eigenvalue weighted by atomic mass is 16.5.